The van der Waals surface area contributed by atoms with Crippen molar-refractivity contribution < 1.29 is 9.13 Å². The van der Waals surface area contributed by atoms with E-state index in [2.05, 4.69) is 20.4 Å². The van der Waals surface area contributed by atoms with E-state index in [1.54, 1.807) is 18.3 Å². The fraction of sp³-hybridized carbons (Fsp3) is 0.250. The number of hydrogen-bond donors (Lipinski definition) is 2. The molecule has 0 saturated carbocycles. The highest BCUT2D eigenvalue weighted by atomic mass is 32.1. The maximum atomic E-state index is 13.4. The van der Waals surface area contributed by atoms with E-state index in [0.717, 1.165) is 13.2 Å². The lowest BCUT2D eigenvalue weighted by Crippen LogP contribution is -2.30. The van der Waals surface area contributed by atoms with Crippen LogP contribution in [0.15, 0.2) is 48.7 Å². The smallest absolute Gasteiger partial charge is 0.171 e. The molecule has 1 aliphatic heterocycles. The van der Waals surface area contributed by atoms with Gasteiger partial charge in [-0.2, -0.15) is 0 Å². The van der Waals surface area contributed by atoms with E-state index in [1.165, 1.54) is 6.07 Å². The average molecular weight is 319 g/mol. The van der Waals surface area contributed by atoms with Gasteiger partial charge in [0.05, 0.1) is 13.2 Å². The number of nitrogens with zero attached hydrogens (tertiary/aromatic N) is 1. The second-order valence-corrected chi connectivity index (χ2v) is 4.96. The molecule has 0 unspecified atom stereocenters. The van der Waals surface area contributed by atoms with Crippen LogP contribution in [-0.2, 0) is 11.2 Å². The lowest BCUT2D eigenvalue weighted by Gasteiger charge is -2.09. The van der Waals surface area contributed by atoms with Crippen LogP contribution in [0.4, 0.5) is 10.2 Å². The first-order valence-electron chi connectivity index (χ1n) is 7.03. The van der Waals surface area contributed by atoms with Gasteiger partial charge in [-0.3, -0.25) is 0 Å². The van der Waals surface area contributed by atoms with Gasteiger partial charge < -0.3 is 15.4 Å². The minimum absolute atomic E-state index is 0.187. The molecular weight excluding hydrogens is 301 g/mol. The van der Waals surface area contributed by atoms with Crippen LogP contribution in [0.3, 0.4) is 0 Å². The molecule has 2 aromatic rings. The van der Waals surface area contributed by atoms with E-state index < -0.39 is 0 Å². The summed E-state index contributed by atoms with van der Waals surface area (Å²) < 4.78 is 17.9. The third kappa shape index (κ3) is 6.60. The zero-order valence-corrected chi connectivity index (χ0v) is 12.9. The predicted molar refractivity (Wildman–Crippen MR) is 89.4 cm³/mol. The molecule has 1 saturated heterocycles. The number of halogens is 1. The number of epoxide rings is 1. The Bertz CT molecular complexity index is 590. The van der Waals surface area contributed by atoms with Crippen molar-refractivity contribution in [2.75, 3.05) is 25.1 Å². The van der Waals surface area contributed by atoms with Crippen LogP contribution < -0.4 is 10.6 Å². The molecule has 0 bridgehead atoms. The molecule has 3 rings (SSSR count). The highest BCUT2D eigenvalue weighted by molar-refractivity contribution is 7.80. The van der Waals surface area contributed by atoms with Gasteiger partial charge in [-0.05, 0) is 42.4 Å². The van der Waals surface area contributed by atoms with E-state index in [9.17, 15) is 4.39 Å². The average Bonchev–Trinajstić information content (AvgIpc) is 3.39. The Kier molecular flexibility index (Phi) is 6.73. The van der Waals surface area contributed by atoms with Gasteiger partial charge in [0.1, 0.15) is 11.6 Å². The van der Waals surface area contributed by atoms with E-state index in [0.29, 0.717) is 29.5 Å². The first kappa shape index (κ1) is 16.3. The van der Waals surface area contributed by atoms with E-state index in [4.69, 9.17) is 12.2 Å². The zero-order valence-electron chi connectivity index (χ0n) is 12.1. The molecular formula is C16H18FN3OS. The molecule has 0 atom stereocenters. The van der Waals surface area contributed by atoms with E-state index in [-0.39, 0.29) is 5.82 Å². The second kappa shape index (κ2) is 9.07. The number of benzene rings is 1. The van der Waals surface area contributed by atoms with Crippen molar-refractivity contribution in [1.29, 1.82) is 0 Å². The summed E-state index contributed by atoms with van der Waals surface area (Å²) >= 11 is 5.13. The number of pyridine rings is 1. The summed E-state index contributed by atoms with van der Waals surface area (Å²) in [5.74, 6) is 0.499. The Morgan fingerprint density at radius 2 is 1.91 bits per heavy atom. The van der Waals surface area contributed by atoms with E-state index in [1.807, 2.05) is 24.3 Å². The van der Waals surface area contributed by atoms with Crippen LogP contribution in [0.5, 0.6) is 0 Å². The zero-order chi connectivity index (χ0) is 15.6. The third-order valence-corrected chi connectivity index (χ3v) is 2.99. The van der Waals surface area contributed by atoms with Crippen LogP contribution in [0, 0.1) is 5.82 Å². The Labute approximate surface area is 134 Å². The summed E-state index contributed by atoms with van der Waals surface area (Å²) in [5.41, 5.74) is 0.677. The van der Waals surface area contributed by atoms with Crippen molar-refractivity contribution in [2.45, 2.75) is 6.42 Å². The molecule has 0 radical (unpaired) electrons. The number of aromatic nitrogens is 1. The van der Waals surface area contributed by atoms with Gasteiger partial charge in [0.25, 0.3) is 0 Å². The summed E-state index contributed by atoms with van der Waals surface area (Å²) in [6.07, 6.45) is 2.26. The number of ether oxygens (including phenoxy) is 1. The fourth-order valence-electron chi connectivity index (χ4n) is 1.61. The molecule has 4 nitrogen and oxygen atoms in total. The molecule has 0 spiro atoms. The largest absolute Gasteiger partial charge is 0.377 e. The lowest BCUT2D eigenvalue weighted by atomic mass is 10.1. The van der Waals surface area contributed by atoms with Crippen LogP contribution in [0.2, 0.25) is 0 Å². The summed E-state index contributed by atoms with van der Waals surface area (Å²) in [4.78, 5) is 4.10. The molecule has 116 valence electrons. The molecule has 1 aliphatic rings. The molecule has 0 aliphatic carbocycles. The van der Waals surface area contributed by atoms with E-state index >= 15 is 0 Å². The Balaban J connectivity index is 0.000000523. The summed E-state index contributed by atoms with van der Waals surface area (Å²) in [5, 5.41) is 6.46. The molecule has 22 heavy (non-hydrogen) atoms. The van der Waals surface area contributed by atoms with Crippen LogP contribution in [0.1, 0.15) is 5.56 Å². The maximum absolute atomic E-state index is 13.4. The van der Waals surface area contributed by atoms with Gasteiger partial charge in [-0.15, -0.1) is 0 Å². The highest BCUT2D eigenvalue weighted by Gasteiger charge is 2.01. The number of nitrogens with one attached hydrogen (secondary N) is 2. The molecule has 0 amide bonds. The first-order valence-corrected chi connectivity index (χ1v) is 7.43. The van der Waals surface area contributed by atoms with Gasteiger partial charge in [0.15, 0.2) is 5.11 Å². The van der Waals surface area contributed by atoms with Crippen LogP contribution >= 0.6 is 12.2 Å². The van der Waals surface area contributed by atoms with Gasteiger partial charge >= 0.3 is 0 Å². The van der Waals surface area contributed by atoms with Gasteiger partial charge in [-0.1, -0.05) is 24.3 Å². The van der Waals surface area contributed by atoms with Crippen molar-refractivity contribution in [3.05, 3.63) is 60.0 Å². The minimum atomic E-state index is -0.187. The minimum Gasteiger partial charge on any atom is -0.377 e. The summed E-state index contributed by atoms with van der Waals surface area (Å²) in [7, 11) is 0. The highest BCUT2D eigenvalue weighted by Crippen LogP contribution is 2.06. The van der Waals surface area contributed by atoms with Crippen molar-refractivity contribution >= 4 is 23.1 Å². The maximum Gasteiger partial charge on any atom is 0.171 e. The molecule has 1 fully saturated rings. The number of thiocarbonyl (C=S) groups is 1. The van der Waals surface area contributed by atoms with Crippen LogP contribution in [0.25, 0.3) is 0 Å². The summed E-state index contributed by atoms with van der Waals surface area (Å²) in [6, 6.07) is 12.3. The topological polar surface area (TPSA) is 49.5 Å². The second-order valence-electron chi connectivity index (χ2n) is 4.55. The standard InChI is InChI=1S/C14H14FN3S.C2H4O/c15-12-6-2-1-5-11(12)8-10-17-14(19)18-13-7-3-4-9-16-13;1-2-3-1/h1-7,9H,8,10H2,(H2,16,17,18,19);1-2H2. The lowest BCUT2D eigenvalue weighted by molar-refractivity contribution is 0.475. The van der Waals surface area contributed by atoms with Crippen molar-refractivity contribution in [3.63, 3.8) is 0 Å². The Morgan fingerprint density at radius 3 is 2.55 bits per heavy atom. The monoisotopic (exact) mass is 319 g/mol. The normalized spacial score (nSPS) is 11.9. The third-order valence-electron chi connectivity index (χ3n) is 2.75. The quantitative estimate of drug-likeness (QED) is 0.670. The molecule has 2 N–H and O–H groups in total. The van der Waals surface area contributed by atoms with Gasteiger partial charge in [-0.25, -0.2) is 9.37 Å². The molecule has 6 heteroatoms. The molecule has 1 aromatic carbocycles. The fourth-order valence-corrected chi connectivity index (χ4v) is 1.82. The SMILES string of the molecule is C1CO1.Fc1ccccc1CCNC(=S)Nc1ccccn1. The van der Waals surface area contributed by atoms with Gasteiger partial charge in [0.2, 0.25) is 0 Å². The van der Waals surface area contributed by atoms with Gasteiger partial charge in [0, 0.05) is 12.7 Å². The Morgan fingerprint density at radius 1 is 1.18 bits per heavy atom. The molecule has 2 heterocycles. The number of hydrogen-bond acceptors (Lipinski definition) is 3. The predicted octanol–water partition coefficient (Wildman–Crippen LogP) is 2.77. The first-order chi connectivity index (χ1) is 10.8. The number of rotatable bonds is 4. The molecule has 1 aromatic heterocycles. The number of anilines is 1. The van der Waals surface area contributed by atoms with Crippen molar-refractivity contribution in [3.8, 4) is 0 Å². The van der Waals surface area contributed by atoms with Crippen molar-refractivity contribution in [2.24, 2.45) is 0 Å². The summed E-state index contributed by atoms with van der Waals surface area (Å²) in [6.45, 7) is 2.57. The van der Waals surface area contributed by atoms with Crippen LogP contribution in [-0.4, -0.2) is 29.9 Å². The van der Waals surface area contributed by atoms with Crippen molar-refractivity contribution in [1.82, 2.24) is 10.3 Å². The Hall–Kier alpha value is -2.05.